The number of aryl methyl sites for hydroxylation is 2. The van der Waals surface area contributed by atoms with Gasteiger partial charge in [0.25, 0.3) is 5.91 Å². The van der Waals surface area contributed by atoms with Gasteiger partial charge in [0.15, 0.2) is 6.61 Å². The van der Waals surface area contributed by atoms with E-state index in [1.54, 1.807) is 27.7 Å². The van der Waals surface area contributed by atoms with Crippen LogP contribution in [0.3, 0.4) is 0 Å². The third-order valence-corrected chi connectivity index (χ3v) is 3.86. The highest BCUT2D eigenvalue weighted by molar-refractivity contribution is 5.94. The van der Waals surface area contributed by atoms with Crippen LogP contribution in [-0.2, 0) is 11.3 Å². The molecule has 0 spiro atoms. The Morgan fingerprint density at radius 3 is 2.47 bits per heavy atom. The van der Waals surface area contributed by atoms with E-state index in [4.69, 9.17) is 0 Å². The first kappa shape index (κ1) is 23.0. The van der Waals surface area contributed by atoms with Crippen LogP contribution < -0.4 is 15.4 Å². The zero-order valence-electron chi connectivity index (χ0n) is 16.9. The lowest BCUT2D eigenvalue weighted by molar-refractivity contribution is -0.154. The second kappa shape index (κ2) is 9.51. The Morgan fingerprint density at radius 1 is 1.17 bits per heavy atom. The van der Waals surface area contributed by atoms with Crippen LogP contribution in [0.1, 0.15) is 41.2 Å². The van der Waals surface area contributed by atoms with Gasteiger partial charge in [-0.05, 0) is 31.0 Å². The molecule has 2 aromatic heterocycles. The van der Waals surface area contributed by atoms with Crippen LogP contribution in [0.15, 0.2) is 18.3 Å². The van der Waals surface area contributed by atoms with Crippen molar-refractivity contribution in [2.75, 3.05) is 11.9 Å². The minimum Gasteiger partial charge on any atom is -0.468 e. The molecular formula is C19H22F3N5O3. The lowest BCUT2D eigenvalue weighted by Gasteiger charge is -2.12. The molecule has 162 valence electrons. The molecule has 0 fully saturated rings. The minimum atomic E-state index is -4.45. The maximum atomic E-state index is 12.4. The number of carbonyl (C=O) groups excluding carboxylic acids is 2. The number of pyridine rings is 1. The Morgan fingerprint density at radius 2 is 1.87 bits per heavy atom. The Balaban J connectivity index is 2.03. The number of hydrogen-bond donors (Lipinski definition) is 2. The van der Waals surface area contributed by atoms with Crippen LogP contribution in [0, 0.1) is 19.8 Å². The summed E-state index contributed by atoms with van der Waals surface area (Å²) in [6.07, 6.45) is -3.12. The van der Waals surface area contributed by atoms with Crippen LogP contribution in [0.5, 0.6) is 5.88 Å². The van der Waals surface area contributed by atoms with Crippen LogP contribution in [0.25, 0.3) is 0 Å². The molecule has 0 unspecified atom stereocenters. The lowest BCUT2D eigenvalue weighted by atomic mass is 10.1. The molecular weight excluding hydrogens is 403 g/mol. The van der Waals surface area contributed by atoms with Gasteiger partial charge in [0.2, 0.25) is 17.7 Å². The topological polar surface area (TPSA) is 106 Å². The maximum Gasteiger partial charge on any atom is 0.422 e. The molecule has 2 aromatic rings. The molecule has 2 heterocycles. The van der Waals surface area contributed by atoms with Gasteiger partial charge in [-0.1, -0.05) is 13.8 Å². The third kappa shape index (κ3) is 6.98. The summed E-state index contributed by atoms with van der Waals surface area (Å²) in [6, 6.07) is 2.83. The molecule has 0 radical (unpaired) electrons. The number of hydrogen-bond acceptors (Lipinski definition) is 6. The molecule has 2 N–H and O–H groups in total. The second-order valence-corrected chi connectivity index (χ2v) is 6.90. The number of nitrogens with one attached hydrogen (secondary N) is 2. The Labute approximate surface area is 171 Å². The molecule has 8 nitrogen and oxygen atoms in total. The minimum absolute atomic E-state index is 0.0304. The average molecular weight is 425 g/mol. The van der Waals surface area contributed by atoms with Crippen molar-refractivity contribution >= 4 is 17.8 Å². The molecule has 11 heteroatoms. The number of halogens is 3. The second-order valence-electron chi connectivity index (χ2n) is 6.90. The molecule has 0 aliphatic heterocycles. The fraction of sp³-hybridized carbons (Fsp3) is 0.421. The van der Waals surface area contributed by atoms with Gasteiger partial charge in [-0.3, -0.25) is 14.9 Å². The first-order valence-electron chi connectivity index (χ1n) is 9.04. The van der Waals surface area contributed by atoms with Crippen LogP contribution >= 0.6 is 0 Å². The summed E-state index contributed by atoms with van der Waals surface area (Å²) in [6.45, 7) is 5.41. The number of rotatable bonds is 7. The van der Waals surface area contributed by atoms with Crippen molar-refractivity contribution < 1.29 is 27.5 Å². The van der Waals surface area contributed by atoms with Crippen molar-refractivity contribution in [2.24, 2.45) is 5.92 Å². The highest BCUT2D eigenvalue weighted by atomic mass is 19.4. The summed E-state index contributed by atoms with van der Waals surface area (Å²) in [4.78, 5) is 36.2. The smallest absolute Gasteiger partial charge is 0.422 e. The molecule has 30 heavy (non-hydrogen) atoms. The molecule has 0 aromatic carbocycles. The van der Waals surface area contributed by atoms with Crippen molar-refractivity contribution in [2.45, 2.75) is 40.4 Å². The van der Waals surface area contributed by atoms with E-state index in [1.807, 2.05) is 0 Å². The first-order valence-corrected chi connectivity index (χ1v) is 9.04. The van der Waals surface area contributed by atoms with Gasteiger partial charge >= 0.3 is 6.18 Å². The Kier molecular flexibility index (Phi) is 7.30. The Hall–Kier alpha value is -3.24. The quantitative estimate of drug-likeness (QED) is 0.707. The van der Waals surface area contributed by atoms with Crippen molar-refractivity contribution in [3.8, 4) is 5.88 Å². The molecule has 0 bridgehead atoms. The average Bonchev–Trinajstić information content (AvgIpc) is 2.64. The number of amides is 2. The summed E-state index contributed by atoms with van der Waals surface area (Å²) in [5.41, 5.74) is 1.77. The van der Waals surface area contributed by atoms with Gasteiger partial charge in [-0.15, -0.1) is 0 Å². The van der Waals surface area contributed by atoms with E-state index in [0.717, 1.165) is 0 Å². The fourth-order valence-corrected chi connectivity index (χ4v) is 2.24. The van der Waals surface area contributed by atoms with Gasteiger partial charge in [-0.25, -0.2) is 15.0 Å². The molecule has 0 aliphatic carbocycles. The SMILES string of the molecule is Cc1cc(C(=O)NCc2cnc(OCC(F)(F)F)cc2C)nc(NC(=O)C(C)C)n1. The number of carbonyl (C=O) groups is 2. The number of aromatic nitrogens is 3. The molecule has 0 atom stereocenters. The van der Waals surface area contributed by atoms with Crippen LogP contribution in [-0.4, -0.2) is 39.5 Å². The van der Waals surface area contributed by atoms with E-state index >= 15 is 0 Å². The standard InChI is InChI=1S/C19H22F3N5O3/c1-10(2)16(28)27-18-25-12(4)6-14(26-18)17(29)24-8-13-7-23-15(5-11(13)3)30-9-19(20,21)22/h5-7,10H,8-9H2,1-4H3,(H,24,29)(H,25,26,27,28). The predicted octanol–water partition coefficient (Wildman–Crippen LogP) is 2.95. The fourth-order valence-electron chi connectivity index (χ4n) is 2.24. The predicted molar refractivity (Wildman–Crippen MR) is 102 cm³/mol. The van der Waals surface area contributed by atoms with E-state index in [1.165, 1.54) is 18.3 Å². The first-order chi connectivity index (χ1) is 13.9. The van der Waals surface area contributed by atoms with E-state index in [0.29, 0.717) is 16.8 Å². The monoisotopic (exact) mass is 425 g/mol. The zero-order chi connectivity index (χ0) is 22.5. The van der Waals surface area contributed by atoms with Gasteiger partial charge in [-0.2, -0.15) is 13.2 Å². The van der Waals surface area contributed by atoms with E-state index in [9.17, 15) is 22.8 Å². The number of ether oxygens (including phenoxy) is 1. The van der Waals surface area contributed by atoms with Crippen molar-refractivity contribution in [3.63, 3.8) is 0 Å². The van der Waals surface area contributed by atoms with E-state index in [-0.39, 0.29) is 35.9 Å². The highest BCUT2D eigenvalue weighted by Crippen LogP contribution is 2.19. The zero-order valence-corrected chi connectivity index (χ0v) is 16.9. The largest absolute Gasteiger partial charge is 0.468 e. The molecule has 2 rings (SSSR count). The summed E-state index contributed by atoms with van der Waals surface area (Å²) < 4.78 is 41.3. The van der Waals surface area contributed by atoms with E-state index < -0.39 is 18.7 Å². The summed E-state index contributed by atoms with van der Waals surface area (Å²) >= 11 is 0. The number of nitrogens with zero attached hydrogens (tertiary/aromatic N) is 3. The van der Waals surface area contributed by atoms with Crippen LogP contribution in [0.2, 0.25) is 0 Å². The van der Waals surface area contributed by atoms with Crippen LogP contribution in [0.4, 0.5) is 19.1 Å². The van der Waals surface area contributed by atoms with Crippen molar-refractivity contribution in [1.29, 1.82) is 0 Å². The molecule has 2 amide bonds. The summed E-state index contributed by atoms with van der Waals surface area (Å²) in [5.74, 6) is -1.18. The van der Waals surface area contributed by atoms with Gasteiger partial charge in [0.1, 0.15) is 5.69 Å². The van der Waals surface area contributed by atoms with Gasteiger partial charge in [0, 0.05) is 30.4 Å². The normalized spacial score (nSPS) is 11.3. The summed E-state index contributed by atoms with van der Waals surface area (Å²) in [7, 11) is 0. The van der Waals surface area contributed by atoms with E-state index in [2.05, 4.69) is 30.3 Å². The maximum absolute atomic E-state index is 12.4. The van der Waals surface area contributed by atoms with Gasteiger partial charge in [0.05, 0.1) is 0 Å². The third-order valence-electron chi connectivity index (χ3n) is 3.86. The molecule has 0 saturated heterocycles. The number of alkyl halides is 3. The van der Waals surface area contributed by atoms with Gasteiger partial charge < -0.3 is 10.1 Å². The lowest BCUT2D eigenvalue weighted by Crippen LogP contribution is -2.26. The van der Waals surface area contributed by atoms with Crippen molar-refractivity contribution in [3.05, 3.63) is 40.8 Å². The van der Waals surface area contributed by atoms with Crippen molar-refractivity contribution in [1.82, 2.24) is 20.3 Å². The Bertz CT molecular complexity index is 932. The molecule has 0 aliphatic rings. The molecule has 0 saturated carbocycles. The summed E-state index contributed by atoms with van der Waals surface area (Å²) in [5, 5.41) is 5.20. The number of anilines is 1. The highest BCUT2D eigenvalue weighted by Gasteiger charge is 2.28.